The Morgan fingerprint density at radius 1 is 1.15 bits per heavy atom. The average molecular weight is 376 g/mol. The number of phenols is 1. The van der Waals surface area contributed by atoms with Crippen molar-refractivity contribution < 1.29 is 19.4 Å². The summed E-state index contributed by atoms with van der Waals surface area (Å²) in [5.74, 6) is -0.160. The molecule has 0 aliphatic carbocycles. The van der Waals surface area contributed by atoms with E-state index < -0.39 is 5.91 Å². The van der Waals surface area contributed by atoms with E-state index in [2.05, 4.69) is 15.8 Å². The van der Waals surface area contributed by atoms with Crippen LogP contribution in [0, 0.1) is 0 Å². The second kappa shape index (κ2) is 9.43. The topological polar surface area (TPSA) is 100 Å². The van der Waals surface area contributed by atoms with Crippen LogP contribution in [-0.2, 0) is 9.59 Å². The summed E-state index contributed by atoms with van der Waals surface area (Å²) in [5.41, 5.74) is 3.30. The summed E-state index contributed by atoms with van der Waals surface area (Å²) in [6.07, 6.45) is 1.28. The molecule has 0 bridgehead atoms. The first-order chi connectivity index (χ1) is 12.5. The van der Waals surface area contributed by atoms with Crippen LogP contribution >= 0.6 is 11.6 Å². The van der Waals surface area contributed by atoms with Gasteiger partial charge in [-0.2, -0.15) is 5.10 Å². The molecule has 2 rings (SSSR count). The van der Waals surface area contributed by atoms with Gasteiger partial charge >= 0.3 is 0 Å². The zero-order valence-electron chi connectivity index (χ0n) is 14.0. The monoisotopic (exact) mass is 375 g/mol. The SMILES string of the molecule is COc1ccc(O)c(C=NNC(=O)CCC(=O)Nc2ccc(Cl)cc2)c1. The first-order valence-corrected chi connectivity index (χ1v) is 8.10. The smallest absolute Gasteiger partial charge is 0.240 e. The summed E-state index contributed by atoms with van der Waals surface area (Å²) in [5, 5.41) is 16.7. The lowest BCUT2D eigenvalue weighted by atomic mass is 10.2. The van der Waals surface area contributed by atoms with Crippen LogP contribution in [0.15, 0.2) is 47.6 Å². The number of methoxy groups -OCH3 is 1. The lowest BCUT2D eigenvalue weighted by Crippen LogP contribution is -2.20. The Labute approximate surface area is 155 Å². The molecule has 7 nitrogen and oxygen atoms in total. The maximum absolute atomic E-state index is 11.8. The van der Waals surface area contributed by atoms with Crippen LogP contribution in [-0.4, -0.2) is 30.2 Å². The van der Waals surface area contributed by atoms with Crippen molar-refractivity contribution in [3.8, 4) is 11.5 Å². The average Bonchev–Trinajstić information content (AvgIpc) is 2.63. The Morgan fingerprint density at radius 2 is 1.85 bits per heavy atom. The summed E-state index contributed by atoms with van der Waals surface area (Å²) in [4.78, 5) is 23.5. The molecular weight excluding hydrogens is 358 g/mol. The zero-order valence-corrected chi connectivity index (χ0v) is 14.8. The van der Waals surface area contributed by atoms with E-state index in [1.54, 1.807) is 36.4 Å². The molecule has 2 aromatic carbocycles. The van der Waals surface area contributed by atoms with E-state index in [0.29, 0.717) is 22.0 Å². The number of amides is 2. The number of hydrogen-bond acceptors (Lipinski definition) is 5. The minimum Gasteiger partial charge on any atom is -0.507 e. The Bertz CT molecular complexity index is 807. The molecule has 0 aromatic heterocycles. The predicted molar refractivity (Wildman–Crippen MR) is 99.7 cm³/mol. The Hall–Kier alpha value is -3.06. The number of hydrazone groups is 1. The third-order valence-corrected chi connectivity index (χ3v) is 3.59. The lowest BCUT2D eigenvalue weighted by molar-refractivity contribution is -0.124. The molecule has 0 unspecified atom stereocenters. The van der Waals surface area contributed by atoms with E-state index in [1.165, 1.54) is 19.4 Å². The number of benzene rings is 2. The molecule has 0 radical (unpaired) electrons. The van der Waals surface area contributed by atoms with Crippen molar-refractivity contribution in [2.75, 3.05) is 12.4 Å². The minimum atomic E-state index is -0.421. The molecule has 0 aliphatic heterocycles. The lowest BCUT2D eigenvalue weighted by Gasteiger charge is -2.05. The largest absolute Gasteiger partial charge is 0.507 e. The van der Waals surface area contributed by atoms with Crippen molar-refractivity contribution in [2.24, 2.45) is 5.10 Å². The normalized spacial score (nSPS) is 10.5. The maximum atomic E-state index is 11.8. The van der Waals surface area contributed by atoms with E-state index >= 15 is 0 Å². The summed E-state index contributed by atoms with van der Waals surface area (Å²) in [6, 6.07) is 11.3. The van der Waals surface area contributed by atoms with E-state index in [0.717, 1.165) is 0 Å². The molecule has 2 amide bonds. The number of aromatic hydroxyl groups is 1. The van der Waals surface area contributed by atoms with Gasteiger partial charge in [0.05, 0.1) is 13.3 Å². The number of phenolic OH excluding ortho intramolecular Hbond substituents is 1. The van der Waals surface area contributed by atoms with Gasteiger partial charge in [-0.1, -0.05) is 11.6 Å². The van der Waals surface area contributed by atoms with Crippen LogP contribution < -0.4 is 15.5 Å². The van der Waals surface area contributed by atoms with Crippen LogP contribution in [0.1, 0.15) is 18.4 Å². The first kappa shape index (κ1) is 19.3. The molecule has 0 aliphatic rings. The fourth-order valence-electron chi connectivity index (χ4n) is 1.98. The summed E-state index contributed by atoms with van der Waals surface area (Å²) in [6.45, 7) is 0. The van der Waals surface area contributed by atoms with E-state index in [1.807, 2.05) is 0 Å². The van der Waals surface area contributed by atoms with Crippen molar-refractivity contribution in [1.29, 1.82) is 0 Å². The highest BCUT2D eigenvalue weighted by Crippen LogP contribution is 2.21. The second-order valence-electron chi connectivity index (χ2n) is 5.27. The van der Waals surface area contributed by atoms with Gasteiger partial charge in [-0.15, -0.1) is 0 Å². The maximum Gasteiger partial charge on any atom is 0.240 e. The third-order valence-electron chi connectivity index (χ3n) is 3.33. The standard InChI is InChI=1S/C18H18ClN3O4/c1-26-15-6-7-16(23)12(10-15)11-20-22-18(25)9-8-17(24)21-14-4-2-13(19)3-5-14/h2-7,10-11,23H,8-9H2,1H3,(H,21,24)(H,22,25). The molecule has 8 heteroatoms. The highest BCUT2D eigenvalue weighted by Gasteiger charge is 2.07. The first-order valence-electron chi connectivity index (χ1n) is 7.72. The predicted octanol–water partition coefficient (Wildman–Crippen LogP) is 2.92. The fraction of sp³-hybridized carbons (Fsp3) is 0.167. The van der Waals surface area contributed by atoms with Gasteiger partial charge < -0.3 is 15.2 Å². The van der Waals surface area contributed by atoms with Crippen molar-refractivity contribution in [3.05, 3.63) is 53.1 Å². The Balaban J connectivity index is 1.78. The quantitative estimate of drug-likeness (QED) is 0.511. The van der Waals surface area contributed by atoms with Crippen LogP contribution in [0.2, 0.25) is 5.02 Å². The van der Waals surface area contributed by atoms with Crippen LogP contribution in [0.3, 0.4) is 0 Å². The molecule has 0 saturated heterocycles. The molecule has 3 N–H and O–H groups in total. The summed E-state index contributed by atoms with van der Waals surface area (Å²) in [7, 11) is 1.50. The number of ether oxygens (including phenoxy) is 1. The highest BCUT2D eigenvalue weighted by atomic mass is 35.5. The molecule has 26 heavy (non-hydrogen) atoms. The van der Waals surface area contributed by atoms with Crippen LogP contribution in [0.5, 0.6) is 11.5 Å². The number of nitrogens with one attached hydrogen (secondary N) is 2. The van der Waals surface area contributed by atoms with Gasteiger partial charge in [-0.25, -0.2) is 5.43 Å². The van der Waals surface area contributed by atoms with Crippen LogP contribution in [0.4, 0.5) is 5.69 Å². The van der Waals surface area contributed by atoms with Crippen molar-refractivity contribution in [2.45, 2.75) is 12.8 Å². The third kappa shape index (κ3) is 6.10. The van der Waals surface area contributed by atoms with Crippen LogP contribution in [0.25, 0.3) is 0 Å². The van der Waals surface area contributed by atoms with Gasteiger partial charge in [0.2, 0.25) is 11.8 Å². The van der Waals surface area contributed by atoms with Gasteiger partial charge in [0.15, 0.2) is 0 Å². The van der Waals surface area contributed by atoms with Gasteiger partial charge in [0.1, 0.15) is 11.5 Å². The van der Waals surface area contributed by atoms with Crippen molar-refractivity contribution in [3.63, 3.8) is 0 Å². The number of rotatable bonds is 7. The molecular formula is C18H18ClN3O4. The number of carbonyl (C=O) groups excluding carboxylic acids is 2. The summed E-state index contributed by atoms with van der Waals surface area (Å²) < 4.78 is 5.05. The van der Waals surface area contributed by atoms with Crippen molar-refractivity contribution >= 4 is 35.3 Å². The fourth-order valence-corrected chi connectivity index (χ4v) is 2.10. The van der Waals surface area contributed by atoms with E-state index in [4.69, 9.17) is 16.3 Å². The zero-order chi connectivity index (χ0) is 18.9. The van der Waals surface area contributed by atoms with E-state index in [-0.39, 0.29) is 24.5 Å². The number of anilines is 1. The minimum absolute atomic E-state index is 0.00569. The molecule has 2 aromatic rings. The highest BCUT2D eigenvalue weighted by molar-refractivity contribution is 6.30. The second-order valence-corrected chi connectivity index (χ2v) is 5.71. The number of halogens is 1. The molecule has 0 spiro atoms. The number of carbonyl (C=O) groups is 2. The molecule has 0 atom stereocenters. The molecule has 0 heterocycles. The Kier molecular flexibility index (Phi) is 6.99. The number of hydrogen-bond donors (Lipinski definition) is 3. The summed E-state index contributed by atoms with van der Waals surface area (Å²) >= 11 is 5.77. The van der Waals surface area contributed by atoms with Gasteiger partial charge in [0, 0.05) is 29.1 Å². The van der Waals surface area contributed by atoms with Gasteiger partial charge in [-0.05, 0) is 42.5 Å². The molecule has 0 fully saturated rings. The van der Waals surface area contributed by atoms with E-state index in [9.17, 15) is 14.7 Å². The Morgan fingerprint density at radius 3 is 2.54 bits per heavy atom. The molecule has 0 saturated carbocycles. The molecule has 136 valence electrons. The number of nitrogens with zero attached hydrogens (tertiary/aromatic N) is 1. The van der Waals surface area contributed by atoms with Crippen molar-refractivity contribution in [1.82, 2.24) is 5.43 Å². The van der Waals surface area contributed by atoms with Gasteiger partial charge in [-0.3, -0.25) is 9.59 Å². The van der Waals surface area contributed by atoms with Gasteiger partial charge in [0.25, 0.3) is 0 Å².